The Balaban J connectivity index is 4.72. The highest BCUT2D eigenvalue weighted by molar-refractivity contribution is 7.85. The first-order valence-corrected chi connectivity index (χ1v) is 7.63. The van der Waals surface area contributed by atoms with Gasteiger partial charge in [-0.05, 0) is 36.4 Å². The summed E-state index contributed by atoms with van der Waals surface area (Å²) in [5.41, 5.74) is -0.897. The summed E-state index contributed by atoms with van der Waals surface area (Å²) in [5.74, 6) is -0.437. The minimum Gasteiger partial charge on any atom is -0.285 e. The SMILES string of the molecule is CCCCCC(CC)(CS(=O)(=O)O)N(Cl)Cl. The summed E-state index contributed by atoms with van der Waals surface area (Å²) in [7, 11) is -4.09. The van der Waals surface area contributed by atoms with Gasteiger partial charge in [0.25, 0.3) is 10.1 Å². The maximum absolute atomic E-state index is 11.0. The maximum atomic E-state index is 11.0. The van der Waals surface area contributed by atoms with Crippen molar-refractivity contribution in [1.82, 2.24) is 3.94 Å². The van der Waals surface area contributed by atoms with Gasteiger partial charge in [0.05, 0.1) is 11.3 Å². The molecule has 0 aliphatic carbocycles. The molecule has 0 saturated carbocycles. The Morgan fingerprint density at radius 3 is 2.12 bits per heavy atom. The van der Waals surface area contributed by atoms with E-state index in [1.54, 1.807) is 6.92 Å². The summed E-state index contributed by atoms with van der Waals surface area (Å²) in [5, 5.41) is 0. The second-order valence-corrected chi connectivity index (χ2v) is 6.30. The maximum Gasteiger partial charge on any atom is 0.266 e. The van der Waals surface area contributed by atoms with Crippen LogP contribution >= 0.6 is 23.6 Å². The van der Waals surface area contributed by atoms with Crippen molar-refractivity contribution in [3.05, 3.63) is 0 Å². The molecule has 0 fully saturated rings. The number of rotatable bonds is 8. The standard InChI is InChI=1S/C9H19Cl2NO3S/c1-3-5-6-7-9(4-2,12(10)11)8-16(13,14)15/h3-8H2,1-2H3,(H,13,14,15). The van der Waals surface area contributed by atoms with Gasteiger partial charge in [-0.25, -0.2) is 0 Å². The van der Waals surface area contributed by atoms with Gasteiger partial charge in [0.2, 0.25) is 0 Å². The van der Waals surface area contributed by atoms with Gasteiger partial charge in [-0.3, -0.25) is 4.55 Å². The van der Waals surface area contributed by atoms with E-state index in [-0.39, 0.29) is 0 Å². The third-order valence-corrected chi connectivity index (χ3v) is 4.33. The molecule has 0 aromatic heterocycles. The lowest BCUT2D eigenvalue weighted by Crippen LogP contribution is -2.44. The van der Waals surface area contributed by atoms with Crippen molar-refractivity contribution in [1.29, 1.82) is 0 Å². The average molecular weight is 292 g/mol. The third-order valence-electron chi connectivity index (χ3n) is 2.71. The summed E-state index contributed by atoms with van der Waals surface area (Å²) in [6.45, 7) is 3.85. The van der Waals surface area contributed by atoms with Gasteiger partial charge >= 0.3 is 0 Å². The first-order chi connectivity index (χ1) is 7.27. The molecule has 0 saturated heterocycles. The van der Waals surface area contributed by atoms with E-state index in [1.165, 1.54) is 0 Å². The van der Waals surface area contributed by atoms with Crippen molar-refractivity contribution in [3.63, 3.8) is 0 Å². The van der Waals surface area contributed by atoms with Crippen LogP contribution in [0, 0.1) is 0 Å². The lowest BCUT2D eigenvalue weighted by molar-refractivity contribution is 0.272. The largest absolute Gasteiger partial charge is 0.285 e. The molecule has 0 aliphatic heterocycles. The Morgan fingerprint density at radius 2 is 1.81 bits per heavy atom. The average Bonchev–Trinajstić information content (AvgIpc) is 2.14. The molecule has 0 radical (unpaired) electrons. The van der Waals surface area contributed by atoms with E-state index in [1.807, 2.05) is 0 Å². The first-order valence-electron chi connectivity index (χ1n) is 5.34. The molecule has 0 aromatic rings. The van der Waals surface area contributed by atoms with Crippen LogP contribution in [0.15, 0.2) is 0 Å². The molecule has 0 amide bonds. The summed E-state index contributed by atoms with van der Waals surface area (Å²) in [6.07, 6.45) is 3.84. The fraction of sp³-hybridized carbons (Fsp3) is 1.00. The number of hydrogen-bond donors (Lipinski definition) is 1. The number of halogens is 2. The van der Waals surface area contributed by atoms with E-state index in [0.29, 0.717) is 12.8 Å². The van der Waals surface area contributed by atoms with Crippen molar-refractivity contribution < 1.29 is 13.0 Å². The molecule has 1 unspecified atom stereocenters. The molecule has 0 bridgehead atoms. The van der Waals surface area contributed by atoms with Gasteiger partial charge in [0, 0.05) is 0 Å². The second kappa shape index (κ2) is 7.01. The molecule has 16 heavy (non-hydrogen) atoms. The predicted octanol–water partition coefficient (Wildman–Crippen LogP) is 3.21. The highest BCUT2D eigenvalue weighted by Crippen LogP contribution is 2.31. The van der Waals surface area contributed by atoms with E-state index in [0.717, 1.165) is 23.2 Å². The van der Waals surface area contributed by atoms with Gasteiger partial charge in [-0.2, -0.15) is 8.42 Å². The van der Waals surface area contributed by atoms with Crippen molar-refractivity contribution in [2.75, 3.05) is 5.75 Å². The molecule has 1 N–H and O–H groups in total. The zero-order valence-corrected chi connectivity index (χ0v) is 11.9. The van der Waals surface area contributed by atoms with Gasteiger partial charge in [0.1, 0.15) is 0 Å². The van der Waals surface area contributed by atoms with E-state index in [4.69, 9.17) is 28.1 Å². The van der Waals surface area contributed by atoms with Crippen LogP contribution in [0.25, 0.3) is 0 Å². The van der Waals surface area contributed by atoms with Crippen LogP contribution in [0.3, 0.4) is 0 Å². The van der Waals surface area contributed by atoms with Crippen molar-refractivity contribution >= 4 is 33.7 Å². The van der Waals surface area contributed by atoms with Crippen LogP contribution in [-0.2, 0) is 10.1 Å². The van der Waals surface area contributed by atoms with E-state index in [2.05, 4.69) is 6.92 Å². The summed E-state index contributed by atoms with van der Waals surface area (Å²) in [4.78, 5) is 0. The third kappa shape index (κ3) is 5.68. The number of hydrogen-bond acceptors (Lipinski definition) is 3. The highest BCUT2D eigenvalue weighted by Gasteiger charge is 2.37. The van der Waals surface area contributed by atoms with Crippen molar-refractivity contribution in [3.8, 4) is 0 Å². The summed E-state index contributed by atoms with van der Waals surface area (Å²) < 4.78 is 31.7. The minimum atomic E-state index is -4.09. The lowest BCUT2D eigenvalue weighted by Gasteiger charge is -2.33. The van der Waals surface area contributed by atoms with Crippen LogP contribution in [0.2, 0.25) is 0 Å². The molecule has 98 valence electrons. The van der Waals surface area contributed by atoms with Gasteiger partial charge in [0.15, 0.2) is 0 Å². The minimum absolute atomic E-state index is 0.437. The molecular weight excluding hydrogens is 273 g/mol. The predicted molar refractivity (Wildman–Crippen MR) is 67.1 cm³/mol. The zero-order valence-electron chi connectivity index (χ0n) is 9.62. The molecule has 1 atom stereocenters. The number of unbranched alkanes of at least 4 members (excludes halogenated alkanes) is 2. The topological polar surface area (TPSA) is 57.6 Å². The number of nitrogens with zero attached hydrogens (tertiary/aromatic N) is 1. The Kier molecular flexibility index (Phi) is 7.21. The van der Waals surface area contributed by atoms with Crippen LogP contribution in [0.1, 0.15) is 46.0 Å². The fourth-order valence-electron chi connectivity index (χ4n) is 1.65. The summed E-state index contributed by atoms with van der Waals surface area (Å²) >= 11 is 11.4. The van der Waals surface area contributed by atoms with Gasteiger partial charge in [-0.1, -0.05) is 33.1 Å². The van der Waals surface area contributed by atoms with Crippen molar-refractivity contribution in [2.45, 2.75) is 51.5 Å². The zero-order chi connectivity index (χ0) is 12.8. The molecule has 0 aromatic carbocycles. The van der Waals surface area contributed by atoms with E-state index < -0.39 is 21.4 Å². The molecular formula is C9H19Cl2NO3S. The molecule has 0 rings (SSSR count). The Labute approximate surface area is 108 Å². The Morgan fingerprint density at radius 1 is 1.25 bits per heavy atom. The lowest BCUT2D eigenvalue weighted by atomic mass is 9.92. The summed E-state index contributed by atoms with van der Waals surface area (Å²) in [6, 6.07) is 0. The van der Waals surface area contributed by atoms with Crippen LogP contribution in [0.5, 0.6) is 0 Å². The van der Waals surface area contributed by atoms with Crippen LogP contribution in [-0.4, -0.2) is 28.2 Å². The second-order valence-electron chi connectivity index (χ2n) is 3.99. The highest BCUT2D eigenvalue weighted by atomic mass is 35.5. The van der Waals surface area contributed by atoms with Crippen LogP contribution < -0.4 is 0 Å². The Bertz CT molecular complexity index is 295. The fourth-order valence-corrected chi connectivity index (χ4v) is 3.47. The van der Waals surface area contributed by atoms with Crippen LogP contribution in [0.4, 0.5) is 0 Å². The smallest absolute Gasteiger partial charge is 0.266 e. The van der Waals surface area contributed by atoms with Crippen molar-refractivity contribution in [2.24, 2.45) is 0 Å². The van der Waals surface area contributed by atoms with E-state index in [9.17, 15) is 8.42 Å². The van der Waals surface area contributed by atoms with E-state index >= 15 is 0 Å². The molecule has 0 heterocycles. The quantitative estimate of drug-likeness (QED) is 0.424. The van der Waals surface area contributed by atoms with Gasteiger partial charge in [-0.15, -0.1) is 3.94 Å². The first kappa shape index (κ1) is 16.4. The monoisotopic (exact) mass is 291 g/mol. The molecule has 7 heteroatoms. The Hall–Kier alpha value is 0.450. The molecule has 0 aliphatic rings. The molecule has 0 spiro atoms. The normalized spacial score (nSPS) is 16.4. The van der Waals surface area contributed by atoms with Gasteiger partial charge < -0.3 is 0 Å². The molecule has 4 nitrogen and oxygen atoms in total.